The number of alkyl halides is 1. The van der Waals surface area contributed by atoms with Crippen molar-refractivity contribution >= 4 is 5.97 Å². The molecule has 2 rings (SSSR count). The molecular weight excluding hydrogens is 239 g/mol. The standard InChI is InChI=1S/C11H17FN4O2/c1-18-11(17)9-10(8-4-2-6-13-8)16(15-14-9)7-3-5-12/h8,13H,2-7H2,1H3. The van der Waals surface area contributed by atoms with Gasteiger partial charge in [0.15, 0.2) is 5.69 Å². The van der Waals surface area contributed by atoms with E-state index in [4.69, 9.17) is 4.74 Å². The Balaban J connectivity index is 2.29. The van der Waals surface area contributed by atoms with Crippen LogP contribution >= 0.6 is 0 Å². The third kappa shape index (κ3) is 2.50. The lowest BCUT2D eigenvalue weighted by molar-refractivity contribution is 0.0591. The van der Waals surface area contributed by atoms with E-state index >= 15 is 0 Å². The summed E-state index contributed by atoms with van der Waals surface area (Å²) in [4.78, 5) is 11.6. The second-order valence-corrected chi connectivity index (χ2v) is 4.23. The van der Waals surface area contributed by atoms with Crippen molar-refractivity contribution < 1.29 is 13.9 Å². The van der Waals surface area contributed by atoms with Crippen LogP contribution < -0.4 is 5.32 Å². The number of aromatic nitrogens is 3. The number of esters is 1. The zero-order valence-electron chi connectivity index (χ0n) is 10.4. The van der Waals surface area contributed by atoms with Crippen molar-refractivity contribution in [2.75, 3.05) is 20.3 Å². The van der Waals surface area contributed by atoms with Gasteiger partial charge in [0.1, 0.15) is 0 Å². The fraction of sp³-hybridized carbons (Fsp3) is 0.727. The Labute approximate surface area is 104 Å². The summed E-state index contributed by atoms with van der Waals surface area (Å²) in [6, 6.07) is 0.0497. The second kappa shape index (κ2) is 5.90. The summed E-state index contributed by atoms with van der Waals surface area (Å²) in [5, 5.41) is 11.1. The highest BCUT2D eigenvalue weighted by molar-refractivity contribution is 5.88. The Morgan fingerprint density at radius 1 is 1.67 bits per heavy atom. The molecule has 1 aliphatic rings. The van der Waals surface area contributed by atoms with Crippen LogP contribution in [0.2, 0.25) is 0 Å². The number of halogens is 1. The molecule has 18 heavy (non-hydrogen) atoms. The van der Waals surface area contributed by atoms with Gasteiger partial charge in [0, 0.05) is 6.54 Å². The summed E-state index contributed by atoms with van der Waals surface area (Å²) in [5.74, 6) is -0.495. The van der Waals surface area contributed by atoms with Crippen LogP contribution in [0.1, 0.15) is 41.5 Å². The van der Waals surface area contributed by atoms with Gasteiger partial charge in [-0.05, 0) is 25.8 Å². The fourth-order valence-corrected chi connectivity index (χ4v) is 2.20. The zero-order valence-corrected chi connectivity index (χ0v) is 10.4. The zero-order chi connectivity index (χ0) is 13.0. The van der Waals surface area contributed by atoms with Crippen LogP contribution in [0.4, 0.5) is 4.39 Å². The van der Waals surface area contributed by atoms with Crippen molar-refractivity contribution in [3.8, 4) is 0 Å². The lowest BCUT2D eigenvalue weighted by atomic mass is 10.1. The van der Waals surface area contributed by atoms with Gasteiger partial charge in [-0.2, -0.15) is 0 Å². The first-order valence-electron chi connectivity index (χ1n) is 6.09. The van der Waals surface area contributed by atoms with Crippen LogP contribution in [-0.4, -0.2) is 41.3 Å². The Bertz CT molecular complexity index is 415. The SMILES string of the molecule is COC(=O)c1nnn(CCCF)c1C1CCCN1. The van der Waals surface area contributed by atoms with Crippen LogP contribution in [0.25, 0.3) is 0 Å². The molecule has 1 aliphatic heterocycles. The highest BCUT2D eigenvalue weighted by Gasteiger charge is 2.28. The van der Waals surface area contributed by atoms with Gasteiger partial charge in [-0.25, -0.2) is 9.48 Å². The largest absolute Gasteiger partial charge is 0.464 e. The van der Waals surface area contributed by atoms with Gasteiger partial charge in [0.2, 0.25) is 0 Å². The maximum Gasteiger partial charge on any atom is 0.360 e. The highest BCUT2D eigenvalue weighted by Crippen LogP contribution is 2.25. The minimum absolute atomic E-state index is 0.0497. The Hall–Kier alpha value is -1.50. The number of hydrogen-bond donors (Lipinski definition) is 1. The summed E-state index contributed by atoms with van der Waals surface area (Å²) >= 11 is 0. The molecule has 1 aromatic heterocycles. The van der Waals surface area contributed by atoms with Gasteiger partial charge in [0.05, 0.1) is 25.5 Å². The molecule has 0 spiro atoms. The topological polar surface area (TPSA) is 69.0 Å². The van der Waals surface area contributed by atoms with Crippen LogP contribution in [0.15, 0.2) is 0 Å². The van der Waals surface area contributed by atoms with Crippen molar-refractivity contribution in [3.63, 3.8) is 0 Å². The minimum atomic E-state index is -0.495. The molecule has 0 radical (unpaired) electrons. The number of carbonyl (C=O) groups excluding carboxylic acids is 1. The van der Waals surface area contributed by atoms with Crippen molar-refractivity contribution in [3.05, 3.63) is 11.4 Å². The first-order valence-corrected chi connectivity index (χ1v) is 6.09. The molecule has 0 amide bonds. The first kappa shape index (κ1) is 12.9. The fourth-order valence-electron chi connectivity index (χ4n) is 2.20. The smallest absolute Gasteiger partial charge is 0.360 e. The Kier molecular flexibility index (Phi) is 4.24. The molecule has 1 N–H and O–H groups in total. The molecule has 1 saturated heterocycles. The Morgan fingerprint density at radius 3 is 3.11 bits per heavy atom. The number of aryl methyl sites for hydroxylation is 1. The van der Waals surface area contributed by atoms with Crippen LogP contribution in [-0.2, 0) is 11.3 Å². The van der Waals surface area contributed by atoms with Crippen molar-refractivity contribution in [2.45, 2.75) is 31.8 Å². The maximum atomic E-state index is 12.3. The van der Waals surface area contributed by atoms with E-state index in [1.54, 1.807) is 4.68 Å². The molecule has 2 heterocycles. The number of nitrogens with one attached hydrogen (secondary N) is 1. The molecule has 6 nitrogen and oxygen atoms in total. The molecule has 7 heteroatoms. The van der Waals surface area contributed by atoms with E-state index < -0.39 is 12.6 Å². The average molecular weight is 256 g/mol. The Morgan fingerprint density at radius 2 is 2.50 bits per heavy atom. The number of hydrogen-bond acceptors (Lipinski definition) is 5. The molecule has 0 aromatic carbocycles. The second-order valence-electron chi connectivity index (χ2n) is 4.23. The molecule has 0 saturated carbocycles. The number of nitrogens with zero attached hydrogens (tertiary/aromatic N) is 3. The third-order valence-electron chi connectivity index (χ3n) is 3.05. The van der Waals surface area contributed by atoms with Crippen LogP contribution in [0.5, 0.6) is 0 Å². The summed E-state index contributed by atoms with van der Waals surface area (Å²) in [5.41, 5.74) is 0.948. The van der Waals surface area contributed by atoms with Crippen molar-refractivity contribution in [2.24, 2.45) is 0 Å². The molecule has 1 aromatic rings. The average Bonchev–Trinajstić information content (AvgIpc) is 3.03. The van der Waals surface area contributed by atoms with E-state index in [1.807, 2.05) is 0 Å². The minimum Gasteiger partial charge on any atom is -0.464 e. The molecule has 0 bridgehead atoms. The van der Waals surface area contributed by atoms with Gasteiger partial charge >= 0.3 is 5.97 Å². The molecule has 100 valence electrons. The van der Waals surface area contributed by atoms with Crippen molar-refractivity contribution in [1.82, 2.24) is 20.3 Å². The number of ether oxygens (including phenoxy) is 1. The van der Waals surface area contributed by atoms with Gasteiger partial charge in [-0.3, -0.25) is 4.39 Å². The predicted molar refractivity (Wildman–Crippen MR) is 61.9 cm³/mol. The quantitative estimate of drug-likeness (QED) is 0.791. The predicted octanol–water partition coefficient (Wildman–Crippen LogP) is 0.849. The highest BCUT2D eigenvalue weighted by atomic mass is 19.1. The van der Waals surface area contributed by atoms with E-state index in [-0.39, 0.29) is 11.7 Å². The monoisotopic (exact) mass is 256 g/mol. The van der Waals surface area contributed by atoms with E-state index in [9.17, 15) is 9.18 Å². The van der Waals surface area contributed by atoms with E-state index in [2.05, 4.69) is 15.6 Å². The number of rotatable bonds is 5. The normalized spacial score (nSPS) is 19.1. The molecule has 1 unspecified atom stereocenters. The summed E-state index contributed by atoms with van der Waals surface area (Å²) < 4.78 is 18.6. The van der Waals surface area contributed by atoms with Gasteiger partial charge in [0.25, 0.3) is 0 Å². The number of carbonyl (C=O) groups is 1. The lowest BCUT2D eigenvalue weighted by Gasteiger charge is -2.13. The lowest BCUT2D eigenvalue weighted by Crippen LogP contribution is -2.21. The molecule has 0 aliphatic carbocycles. The van der Waals surface area contributed by atoms with Gasteiger partial charge in [-0.1, -0.05) is 5.21 Å². The first-order chi connectivity index (χ1) is 8.77. The maximum absolute atomic E-state index is 12.3. The summed E-state index contributed by atoms with van der Waals surface area (Å²) in [6.45, 7) is 0.915. The van der Waals surface area contributed by atoms with E-state index in [0.29, 0.717) is 18.7 Å². The summed E-state index contributed by atoms with van der Waals surface area (Å²) in [6.07, 6.45) is 2.33. The van der Waals surface area contributed by atoms with Gasteiger partial charge in [-0.15, -0.1) is 5.10 Å². The van der Waals surface area contributed by atoms with E-state index in [0.717, 1.165) is 19.4 Å². The molecular formula is C11H17FN4O2. The molecule has 1 atom stereocenters. The summed E-state index contributed by atoms with van der Waals surface area (Å²) in [7, 11) is 1.31. The van der Waals surface area contributed by atoms with E-state index in [1.165, 1.54) is 7.11 Å². The van der Waals surface area contributed by atoms with Crippen LogP contribution in [0.3, 0.4) is 0 Å². The van der Waals surface area contributed by atoms with Gasteiger partial charge < -0.3 is 10.1 Å². The third-order valence-corrected chi connectivity index (χ3v) is 3.05. The molecule has 1 fully saturated rings. The number of methoxy groups -OCH3 is 1. The van der Waals surface area contributed by atoms with Crippen molar-refractivity contribution in [1.29, 1.82) is 0 Å². The van der Waals surface area contributed by atoms with Crippen LogP contribution in [0, 0.1) is 0 Å².